The van der Waals surface area contributed by atoms with Crippen molar-refractivity contribution in [3.05, 3.63) is 29.8 Å². The van der Waals surface area contributed by atoms with Crippen LogP contribution in [0.15, 0.2) is 24.3 Å². The molecule has 0 saturated heterocycles. The van der Waals surface area contributed by atoms with E-state index in [1.807, 2.05) is 0 Å². The number of hydrogen-bond donors (Lipinski definition) is 7. The summed E-state index contributed by atoms with van der Waals surface area (Å²) < 4.78 is 0. The monoisotopic (exact) mass is 480 g/mol. The van der Waals surface area contributed by atoms with Gasteiger partial charge in [-0.1, -0.05) is 32.4 Å². The first-order valence-electron chi connectivity index (χ1n) is 10.8. The second-order valence-corrected chi connectivity index (χ2v) is 7.90. The number of benzene rings is 1. The van der Waals surface area contributed by atoms with Crippen molar-refractivity contribution in [2.24, 2.45) is 11.7 Å². The topological polar surface area (TPSA) is 208 Å². The molecule has 4 unspecified atom stereocenters. The number of phenols is 1. The molecule has 4 atom stereocenters. The molecule has 1 rings (SSSR count). The van der Waals surface area contributed by atoms with E-state index in [0.29, 0.717) is 12.0 Å². The lowest BCUT2D eigenvalue weighted by Crippen LogP contribution is -2.58. The summed E-state index contributed by atoms with van der Waals surface area (Å²) in [7, 11) is 0. The minimum Gasteiger partial charge on any atom is -0.508 e. The normalized spacial score (nSPS) is 14.2. The second kappa shape index (κ2) is 13.8. The van der Waals surface area contributed by atoms with Crippen molar-refractivity contribution in [2.75, 3.05) is 6.54 Å². The Morgan fingerprint density at radius 1 is 0.941 bits per heavy atom. The molecular weight excluding hydrogens is 448 g/mol. The molecule has 12 heteroatoms. The highest BCUT2D eigenvalue weighted by Crippen LogP contribution is 2.13. The van der Waals surface area contributed by atoms with Gasteiger partial charge in [-0.25, -0.2) is 4.79 Å². The number of hydrogen-bond acceptors (Lipinski definition) is 7. The highest BCUT2D eigenvalue weighted by Gasteiger charge is 2.32. The number of nitrogens with two attached hydrogens (primary N) is 1. The quantitative estimate of drug-likeness (QED) is 0.180. The number of carbonyl (C=O) groups is 5. The van der Waals surface area contributed by atoms with Crippen LogP contribution in [0.1, 0.15) is 38.7 Å². The van der Waals surface area contributed by atoms with Crippen molar-refractivity contribution in [1.82, 2.24) is 16.0 Å². The maximum Gasteiger partial charge on any atom is 0.326 e. The predicted octanol–water partition coefficient (Wildman–Crippen LogP) is -0.657. The summed E-state index contributed by atoms with van der Waals surface area (Å²) in [5, 5.41) is 34.9. The fourth-order valence-electron chi connectivity index (χ4n) is 3.07. The second-order valence-electron chi connectivity index (χ2n) is 7.90. The molecule has 0 spiro atoms. The number of rotatable bonds is 14. The molecule has 0 saturated carbocycles. The van der Waals surface area contributed by atoms with Gasteiger partial charge < -0.3 is 37.0 Å². The lowest BCUT2D eigenvalue weighted by atomic mass is 9.96. The molecule has 8 N–H and O–H groups in total. The number of aromatic hydroxyl groups is 1. The zero-order valence-electron chi connectivity index (χ0n) is 19.1. The summed E-state index contributed by atoms with van der Waals surface area (Å²) in [5.74, 6) is -5.05. The molecule has 0 aromatic heterocycles. The largest absolute Gasteiger partial charge is 0.508 e. The first-order valence-corrected chi connectivity index (χ1v) is 10.8. The first kappa shape index (κ1) is 28.4. The van der Waals surface area contributed by atoms with E-state index in [-0.39, 0.29) is 25.1 Å². The maximum atomic E-state index is 13.0. The molecule has 1 aromatic rings. The Labute approximate surface area is 196 Å². The minimum absolute atomic E-state index is 0.0279. The van der Waals surface area contributed by atoms with E-state index < -0.39 is 60.1 Å². The SMILES string of the molecule is CCC(C)C(NC(=O)C(Cc1ccc(O)cc1)NC(=O)CN)C(=O)NC(CCC(=O)O)C(=O)O. The van der Waals surface area contributed by atoms with Crippen LogP contribution in [0.4, 0.5) is 0 Å². The van der Waals surface area contributed by atoms with Gasteiger partial charge in [0.05, 0.1) is 6.54 Å². The molecule has 1 aromatic carbocycles. The third kappa shape index (κ3) is 9.45. The number of carbonyl (C=O) groups excluding carboxylic acids is 3. The summed E-state index contributed by atoms with van der Waals surface area (Å²) in [6, 6.07) is 2.31. The van der Waals surface area contributed by atoms with Crippen LogP contribution in [0.5, 0.6) is 5.75 Å². The standard InChI is InChI=1S/C22H32N4O8/c1-3-12(2)19(21(32)25-15(22(33)34)8-9-18(29)30)26-20(31)16(24-17(28)11-23)10-13-4-6-14(27)7-5-13/h4-7,12,15-16,19,27H,3,8-11,23H2,1-2H3,(H,24,28)(H,25,32)(H,26,31)(H,29,30)(H,33,34). The zero-order valence-corrected chi connectivity index (χ0v) is 19.1. The molecule has 0 aliphatic carbocycles. The molecule has 0 bridgehead atoms. The van der Waals surface area contributed by atoms with Gasteiger partial charge in [-0.15, -0.1) is 0 Å². The first-order chi connectivity index (χ1) is 16.0. The van der Waals surface area contributed by atoms with Crippen LogP contribution in [-0.4, -0.2) is 69.7 Å². The predicted molar refractivity (Wildman–Crippen MR) is 121 cm³/mol. The molecule has 0 aliphatic heterocycles. The Morgan fingerprint density at radius 2 is 1.56 bits per heavy atom. The third-order valence-electron chi connectivity index (χ3n) is 5.27. The van der Waals surface area contributed by atoms with E-state index in [4.69, 9.17) is 10.8 Å². The van der Waals surface area contributed by atoms with Gasteiger partial charge in [-0.05, 0) is 30.0 Å². The highest BCUT2D eigenvalue weighted by molar-refractivity contribution is 5.94. The van der Waals surface area contributed by atoms with Crippen molar-refractivity contribution in [1.29, 1.82) is 0 Å². The summed E-state index contributed by atoms with van der Waals surface area (Å²) in [5.41, 5.74) is 5.97. The summed E-state index contributed by atoms with van der Waals surface area (Å²) in [6.07, 6.45) is -0.281. The lowest BCUT2D eigenvalue weighted by Gasteiger charge is -2.27. The van der Waals surface area contributed by atoms with Crippen LogP contribution in [0.3, 0.4) is 0 Å². The van der Waals surface area contributed by atoms with Crippen molar-refractivity contribution >= 4 is 29.7 Å². The van der Waals surface area contributed by atoms with Crippen molar-refractivity contribution in [3.63, 3.8) is 0 Å². The molecule has 0 radical (unpaired) electrons. The van der Waals surface area contributed by atoms with Crippen LogP contribution >= 0.6 is 0 Å². The molecule has 0 heterocycles. The molecular formula is C22H32N4O8. The van der Waals surface area contributed by atoms with Gasteiger partial charge in [0.15, 0.2) is 0 Å². The van der Waals surface area contributed by atoms with Gasteiger partial charge in [0.25, 0.3) is 0 Å². The average molecular weight is 481 g/mol. The molecule has 34 heavy (non-hydrogen) atoms. The summed E-state index contributed by atoms with van der Waals surface area (Å²) in [6.45, 7) is 3.10. The fourth-order valence-corrected chi connectivity index (χ4v) is 3.07. The van der Waals surface area contributed by atoms with Crippen molar-refractivity contribution in [3.8, 4) is 5.75 Å². The van der Waals surface area contributed by atoms with Gasteiger partial charge in [0.2, 0.25) is 17.7 Å². The third-order valence-corrected chi connectivity index (χ3v) is 5.27. The average Bonchev–Trinajstić information content (AvgIpc) is 2.79. The highest BCUT2D eigenvalue weighted by atomic mass is 16.4. The van der Waals surface area contributed by atoms with E-state index in [9.17, 15) is 34.2 Å². The van der Waals surface area contributed by atoms with Gasteiger partial charge in [0.1, 0.15) is 23.9 Å². The van der Waals surface area contributed by atoms with E-state index in [1.54, 1.807) is 26.0 Å². The Morgan fingerprint density at radius 3 is 2.06 bits per heavy atom. The molecule has 188 valence electrons. The number of carboxylic acid groups (broad SMARTS) is 2. The minimum atomic E-state index is -1.45. The Kier molecular flexibility index (Phi) is 11.5. The smallest absolute Gasteiger partial charge is 0.326 e. The lowest BCUT2D eigenvalue weighted by molar-refractivity contribution is -0.143. The maximum absolute atomic E-state index is 13.0. The van der Waals surface area contributed by atoms with E-state index >= 15 is 0 Å². The number of nitrogens with one attached hydrogen (secondary N) is 3. The molecule has 12 nitrogen and oxygen atoms in total. The van der Waals surface area contributed by atoms with Crippen LogP contribution in [0.25, 0.3) is 0 Å². The number of aliphatic carboxylic acids is 2. The number of phenolic OH excluding ortho intramolecular Hbond substituents is 1. The van der Waals surface area contributed by atoms with E-state index in [1.165, 1.54) is 12.1 Å². The van der Waals surface area contributed by atoms with Gasteiger partial charge in [0, 0.05) is 12.8 Å². The van der Waals surface area contributed by atoms with Crippen LogP contribution in [-0.2, 0) is 30.4 Å². The Hall–Kier alpha value is -3.67. The van der Waals surface area contributed by atoms with Crippen LogP contribution in [0.2, 0.25) is 0 Å². The van der Waals surface area contributed by atoms with Crippen molar-refractivity contribution in [2.45, 2.75) is 57.7 Å². The van der Waals surface area contributed by atoms with E-state index in [0.717, 1.165) is 0 Å². The van der Waals surface area contributed by atoms with Gasteiger partial charge >= 0.3 is 11.9 Å². The Bertz CT molecular complexity index is 874. The number of carboxylic acids is 2. The van der Waals surface area contributed by atoms with Gasteiger partial charge in [-0.3, -0.25) is 19.2 Å². The summed E-state index contributed by atoms with van der Waals surface area (Å²) >= 11 is 0. The Balaban J connectivity index is 3.05. The van der Waals surface area contributed by atoms with Gasteiger partial charge in [-0.2, -0.15) is 0 Å². The van der Waals surface area contributed by atoms with Crippen LogP contribution in [0, 0.1) is 5.92 Å². The van der Waals surface area contributed by atoms with E-state index in [2.05, 4.69) is 16.0 Å². The fraction of sp³-hybridized carbons (Fsp3) is 0.500. The zero-order chi connectivity index (χ0) is 25.8. The van der Waals surface area contributed by atoms with Crippen molar-refractivity contribution < 1.29 is 39.3 Å². The molecule has 0 aliphatic rings. The van der Waals surface area contributed by atoms with Crippen LogP contribution < -0.4 is 21.7 Å². The number of amides is 3. The molecule has 0 fully saturated rings. The summed E-state index contributed by atoms with van der Waals surface area (Å²) in [4.78, 5) is 60.0. The molecule has 3 amide bonds.